The van der Waals surface area contributed by atoms with E-state index < -0.39 is 0 Å². The van der Waals surface area contributed by atoms with Gasteiger partial charge < -0.3 is 5.32 Å². The van der Waals surface area contributed by atoms with Gasteiger partial charge in [-0.3, -0.25) is 4.98 Å². The molecule has 1 N–H and O–H groups in total. The Morgan fingerprint density at radius 2 is 2.10 bits per heavy atom. The third-order valence-corrected chi connectivity index (χ3v) is 4.33. The van der Waals surface area contributed by atoms with E-state index in [9.17, 15) is 0 Å². The van der Waals surface area contributed by atoms with Crippen LogP contribution >= 0.6 is 11.3 Å². The van der Waals surface area contributed by atoms with Gasteiger partial charge in [-0.1, -0.05) is 31.2 Å². The number of benzene rings is 1. The van der Waals surface area contributed by atoms with Gasteiger partial charge in [-0.2, -0.15) is 0 Å². The Morgan fingerprint density at radius 3 is 2.86 bits per heavy atom. The molecule has 0 radical (unpaired) electrons. The summed E-state index contributed by atoms with van der Waals surface area (Å²) in [6.07, 6.45) is 4.98. The van der Waals surface area contributed by atoms with E-state index in [0.717, 1.165) is 23.7 Å². The van der Waals surface area contributed by atoms with Gasteiger partial charge in [0.15, 0.2) is 0 Å². The molecule has 2 heterocycles. The molecular weight excluding hydrogens is 278 g/mol. The van der Waals surface area contributed by atoms with Gasteiger partial charge in [-0.15, -0.1) is 11.3 Å². The first-order valence-electron chi connectivity index (χ1n) is 7.27. The monoisotopic (exact) mass is 297 g/mol. The topological polar surface area (TPSA) is 37.8 Å². The third-order valence-electron chi connectivity index (χ3n) is 3.54. The standard InChI is InChI=1S/C17H19N3S/c1-3-8-19-17(16-11-21-12(2)20-16)15-10-18-9-13-6-4-5-7-14(13)15/h4-7,9-11,17,19H,3,8H2,1-2H3. The second-order valence-corrected chi connectivity index (χ2v) is 6.19. The molecule has 2 aromatic heterocycles. The van der Waals surface area contributed by atoms with Crippen LogP contribution in [0.5, 0.6) is 0 Å². The fourth-order valence-electron chi connectivity index (χ4n) is 2.55. The van der Waals surface area contributed by atoms with Crippen molar-refractivity contribution in [2.45, 2.75) is 26.3 Å². The van der Waals surface area contributed by atoms with E-state index >= 15 is 0 Å². The predicted octanol–water partition coefficient (Wildman–Crippen LogP) is 4.09. The van der Waals surface area contributed by atoms with Crippen molar-refractivity contribution in [3.63, 3.8) is 0 Å². The summed E-state index contributed by atoms with van der Waals surface area (Å²) in [6, 6.07) is 8.50. The lowest BCUT2D eigenvalue weighted by Crippen LogP contribution is -2.24. The molecule has 0 aliphatic heterocycles. The third kappa shape index (κ3) is 2.96. The van der Waals surface area contributed by atoms with E-state index in [4.69, 9.17) is 0 Å². The first-order chi connectivity index (χ1) is 10.3. The zero-order valence-electron chi connectivity index (χ0n) is 12.3. The molecule has 0 aliphatic carbocycles. The van der Waals surface area contributed by atoms with E-state index in [1.54, 1.807) is 11.3 Å². The highest BCUT2D eigenvalue weighted by molar-refractivity contribution is 7.09. The Bertz CT molecular complexity index is 730. The zero-order chi connectivity index (χ0) is 14.7. The van der Waals surface area contributed by atoms with Gasteiger partial charge in [-0.05, 0) is 25.3 Å². The average molecular weight is 297 g/mol. The lowest BCUT2D eigenvalue weighted by Gasteiger charge is -2.18. The molecule has 1 unspecified atom stereocenters. The molecule has 1 atom stereocenters. The van der Waals surface area contributed by atoms with Gasteiger partial charge in [0.1, 0.15) is 0 Å². The summed E-state index contributed by atoms with van der Waals surface area (Å²) in [7, 11) is 0. The fourth-order valence-corrected chi connectivity index (χ4v) is 3.18. The maximum atomic E-state index is 4.68. The number of nitrogens with zero attached hydrogens (tertiary/aromatic N) is 2. The van der Waals surface area contributed by atoms with E-state index in [2.05, 4.69) is 51.9 Å². The maximum Gasteiger partial charge on any atom is 0.0898 e. The van der Waals surface area contributed by atoms with Gasteiger partial charge >= 0.3 is 0 Å². The van der Waals surface area contributed by atoms with Gasteiger partial charge in [-0.25, -0.2) is 4.98 Å². The van der Waals surface area contributed by atoms with Crippen molar-refractivity contribution < 1.29 is 0 Å². The minimum absolute atomic E-state index is 0.105. The molecule has 0 saturated carbocycles. The van der Waals surface area contributed by atoms with Crippen molar-refractivity contribution in [2.24, 2.45) is 0 Å². The summed E-state index contributed by atoms with van der Waals surface area (Å²) in [5.74, 6) is 0. The SMILES string of the molecule is CCCNC(c1csc(C)n1)c1cncc2ccccc12. The normalized spacial score (nSPS) is 12.7. The summed E-state index contributed by atoms with van der Waals surface area (Å²) in [6.45, 7) is 5.19. The van der Waals surface area contributed by atoms with Crippen LogP contribution < -0.4 is 5.32 Å². The van der Waals surface area contributed by atoms with Crippen LogP contribution in [0.25, 0.3) is 10.8 Å². The van der Waals surface area contributed by atoms with E-state index in [-0.39, 0.29) is 6.04 Å². The zero-order valence-corrected chi connectivity index (χ0v) is 13.2. The van der Waals surface area contributed by atoms with Crippen molar-refractivity contribution >= 4 is 22.1 Å². The fraction of sp³-hybridized carbons (Fsp3) is 0.294. The number of pyridine rings is 1. The molecule has 3 rings (SSSR count). The highest BCUT2D eigenvalue weighted by atomic mass is 32.1. The number of aryl methyl sites for hydroxylation is 1. The number of nitrogens with one attached hydrogen (secondary N) is 1. The average Bonchev–Trinajstić information content (AvgIpc) is 2.94. The summed E-state index contributed by atoms with van der Waals surface area (Å²) in [5, 5.41) is 9.27. The Hall–Kier alpha value is -1.78. The molecule has 21 heavy (non-hydrogen) atoms. The molecule has 0 aliphatic rings. The number of hydrogen-bond donors (Lipinski definition) is 1. The molecule has 0 fully saturated rings. The lowest BCUT2D eigenvalue weighted by molar-refractivity contribution is 0.590. The summed E-state index contributed by atoms with van der Waals surface area (Å²) in [5.41, 5.74) is 2.29. The number of hydrogen-bond acceptors (Lipinski definition) is 4. The van der Waals surface area contributed by atoms with Gasteiger partial charge in [0.05, 0.1) is 16.7 Å². The minimum atomic E-state index is 0.105. The molecule has 0 bridgehead atoms. The number of thiazole rings is 1. The Labute approximate surface area is 129 Å². The quantitative estimate of drug-likeness (QED) is 0.771. The first-order valence-corrected chi connectivity index (χ1v) is 8.15. The number of rotatable bonds is 5. The predicted molar refractivity (Wildman–Crippen MR) is 88.7 cm³/mol. The van der Waals surface area contributed by atoms with Crippen LogP contribution in [-0.2, 0) is 0 Å². The second-order valence-electron chi connectivity index (χ2n) is 5.13. The molecule has 3 nitrogen and oxygen atoms in total. The van der Waals surface area contributed by atoms with Crippen LogP contribution in [0.1, 0.15) is 35.7 Å². The molecule has 0 amide bonds. The number of aromatic nitrogens is 2. The Morgan fingerprint density at radius 1 is 1.24 bits per heavy atom. The van der Waals surface area contributed by atoms with E-state index in [0.29, 0.717) is 0 Å². The van der Waals surface area contributed by atoms with Crippen molar-refractivity contribution in [1.82, 2.24) is 15.3 Å². The van der Waals surface area contributed by atoms with Crippen molar-refractivity contribution in [2.75, 3.05) is 6.54 Å². The van der Waals surface area contributed by atoms with Crippen LogP contribution in [0.4, 0.5) is 0 Å². The van der Waals surface area contributed by atoms with Crippen molar-refractivity contribution in [3.05, 3.63) is 58.3 Å². The molecule has 4 heteroatoms. The van der Waals surface area contributed by atoms with Gasteiger partial charge in [0.25, 0.3) is 0 Å². The smallest absolute Gasteiger partial charge is 0.0898 e. The molecule has 3 aromatic rings. The molecule has 0 saturated heterocycles. The Balaban J connectivity index is 2.09. The lowest BCUT2D eigenvalue weighted by atomic mass is 9.99. The molecule has 0 spiro atoms. The first kappa shape index (κ1) is 14.2. The van der Waals surface area contributed by atoms with Crippen molar-refractivity contribution in [3.8, 4) is 0 Å². The Kier molecular flexibility index (Phi) is 4.27. The van der Waals surface area contributed by atoms with Crippen LogP contribution in [0, 0.1) is 6.92 Å². The highest BCUT2D eigenvalue weighted by Crippen LogP contribution is 2.28. The van der Waals surface area contributed by atoms with Crippen molar-refractivity contribution in [1.29, 1.82) is 0 Å². The van der Waals surface area contributed by atoms with Crippen LogP contribution in [0.3, 0.4) is 0 Å². The molecular formula is C17H19N3S. The van der Waals surface area contributed by atoms with Crippen LogP contribution in [0.15, 0.2) is 42.0 Å². The van der Waals surface area contributed by atoms with Crippen LogP contribution in [-0.4, -0.2) is 16.5 Å². The van der Waals surface area contributed by atoms with Gasteiger partial charge in [0, 0.05) is 28.7 Å². The maximum absolute atomic E-state index is 4.68. The second kappa shape index (κ2) is 6.33. The molecule has 108 valence electrons. The molecule has 1 aromatic carbocycles. The van der Waals surface area contributed by atoms with E-state index in [1.165, 1.54) is 16.3 Å². The summed E-state index contributed by atoms with van der Waals surface area (Å²) < 4.78 is 0. The van der Waals surface area contributed by atoms with E-state index in [1.807, 2.05) is 19.3 Å². The largest absolute Gasteiger partial charge is 0.305 e. The summed E-state index contributed by atoms with van der Waals surface area (Å²) >= 11 is 1.69. The van der Waals surface area contributed by atoms with Crippen LogP contribution in [0.2, 0.25) is 0 Å². The van der Waals surface area contributed by atoms with Gasteiger partial charge in [0.2, 0.25) is 0 Å². The number of fused-ring (bicyclic) bond motifs is 1. The summed E-state index contributed by atoms with van der Waals surface area (Å²) in [4.78, 5) is 9.09. The minimum Gasteiger partial charge on any atom is -0.305 e. The highest BCUT2D eigenvalue weighted by Gasteiger charge is 2.18.